The maximum atomic E-state index is 12.8. The Balaban J connectivity index is 1.98. The van der Waals surface area contributed by atoms with Crippen molar-refractivity contribution in [2.45, 2.75) is 13.1 Å². The van der Waals surface area contributed by atoms with Crippen molar-refractivity contribution in [3.8, 4) is 0 Å². The van der Waals surface area contributed by atoms with E-state index in [9.17, 15) is 18.0 Å². The van der Waals surface area contributed by atoms with Gasteiger partial charge in [0.2, 0.25) is 5.91 Å². The molecule has 1 fully saturated rings. The second-order valence-corrected chi connectivity index (χ2v) is 4.87. The Morgan fingerprint density at radius 1 is 1.33 bits per heavy atom. The summed E-state index contributed by atoms with van der Waals surface area (Å²) >= 11 is 0. The average molecular weight is 302 g/mol. The number of rotatable bonds is 3. The summed E-state index contributed by atoms with van der Waals surface area (Å²) in [6.07, 6.45) is -4.39. The molecule has 116 valence electrons. The van der Waals surface area contributed by atoms with Gasteiger partial charge in [0.1, 0.15) is 0 Å². The predicted molar refractivity (Wildman–Crippen MR) is 72.1 cm³/mol. The molecule has 0 saturated carbocycles. The van der Waals surface area contributed by atoms with Crippen LogP contribution in [0.15, 0.2) is 18.2 Å². The summed E-state index contributed by atoms with van der Waals surface area (Å²) in [6, 6.07) is 3.96. The molecule has 2 rings (SSSR count). The van der Waals surface area contributed by atoms with Crippen LogP contribution in [0.3, 0.4) is 0 Å². The van der Waals surface area contributed by atoms with Crippen molar-refractivity contribution in [2.75, 3.05) is 38.2 Å². The maximum absolute atomic E-state index is 12.8. The van der Waals surface area contributed by atoms with E-state index in [0.29, 0.717) is 26.3 Å². The van der Waals surface area contributed by atoms with E-state index in [-0.39, 0.29) is 23.7 Å². The zero-order valence-electron chi connectivity index (χ0n) is 11.7. The third-order valence-electron chi connectivity index (χ3n) is 3.35. The second-order valence-electron chi connectivity index (χ2n) is 4.87. The molecule has 0 radical (unpaired) electrons. The van der Waals surface area contributed by atoms with Crippen molar-refractivity contribution in [2.24, 2.45) is 0 Å². The molecule has 4 nitrogen and oxygen atoms in total. The van der Waals surface area contributed by atoms with Crippen LogP contribution in [0.5, 0.6) is 0 Å². The van der Waals surface area contributed by atoms with Crippen LogP contribution >= 0.6 is 0 Å². The topological polar surface area (TPSA) is 41.6 Å². The SMILES string of the molecule is Cc1ccc(NCC(=O)N2CCOCC2)cc1C(F)(F)F. The van der Waals surface area contributed by atoms with E-state index in [1.54, 1.807) is 4.90 Å². The van der Waals surface area contributed by atoms with Crippen LogP contribution in [-0.4, -0.2) is 43.7 Å². The average Bonchev–Trinajstić information content (AvgIpc) is 2.45. The Hall–Kier alpha value is -1.76. The third-order valence-corrected chi connectivity index (χ3v) is 3.35. The number of hydrogen-bond acceptors (Lipinski definition) is 3. The molecule has 1 heterocycles. The molecule has 0 unspecified atom stereocenters. The monoisotopic (exact) mass is 302 g/mol. The van der Waals surface area contributed by atoms with E-state index < -0.39 is 11.7 Å². The number of nitrogens with zero attached hydrogens (tertiary/aromatic N) is 1. The van der Waals surface area contributed by atoms with Gasteiger partial charge in [0, 0.05) is 18.8 Å². The van der Waals surface area contributed by atoms with E-state index in [4.69, 9.17) is 4.74 Å². The first kappa shape index (κ1) is 15.6. The Bertz CT molecular complexity index is 511. The number of carbonyl (C=O) groups is 1. The van der Waals surface area contributed by atoms with Crippen molar-refractivity contribution in [3.05, 3.63) is 29.3 Å². The van der Waals surface area contributed by atoms with Crippen molar-refractivity contribution in [3.63, 3.8) is 0 Å². The van der Waals surface area contributed by atoms with Gasteiger partial charge in [0.15, 0.2) is 0 Å². The van der Waals surface area contributed by atoms with Gasteiger partial charge in [-0.05, 0) is 24.6 Å². The van der Waals surface area contributed by atoms with E-state index in [1.165, 1.54) is 19.1 Å². The number of morpholine rings is 1. The number of amides is 1. The van der Waals surface area contributed by atoms with Gasteiger partial charge in [0.05, 0.1) is 25.3 Å². The minimum absolute atomic E-state index is 0.0274. The molecule has 1 aliphatic rings. The lowest BCUT2D eigenvalue weighted by Crippen LogP contribution is -2.43. The largest absolute Gasteiger partial charge is 0.416 e. The first-order chi connectivity index (χ1) is 9.88. The molecule has 1 saturated heterocycles. The number of benzene rings is 1. The van der Waals surface area contributed by atoms with Crippen molar-refractivity contribution in [1.82, 2.24) is 4.90 Å². The fourth-order valence-electron chi connectivity index (χ4n) is 2.14. The molecule has 0 bridgehead atoms. The van der Waals surface area contributed by atoms with E-state index in [0.717, 1.165) is 6.07 Å². The fraction of sp³-hybridized carbons (Fsp3) is 0.500. The number of aryl methyl sites for hydroxylation is 1. The summed E-state index contributed by atoms with van der Waals surface area (Å²) in [6.45, 7) is 3.40. The second kappa shape index (κ2) is 6.34. The molecule has 7 heteroatoms. The summed E-state index contributed by atoms with van der Waals surface area (Å²) in [7, 11) is 0. The van der Waals surface area contributed by atoms with Crippen molar-refractivity contribution in [1.29, 1.82) is 0 Å². The van der Waals surface area contributed by atoms with Crippen LogP contribution in [0, 0.1) is 6.92 Å². The normalized spacial score (nSPS) is 15.9. The molecule has 1 aliphatic heterocycles. The van der Waals surface area contributed by atoms with Crippen LogP contribution in [0.1, 0.15) is 11.1 Å². The molecule has 1 aromatic carbocycles. The molecule has 1 amide bonds. The molecule has 0 spiro atoms. The van der Waals surface area contributed by atoms with Gasteiger partial charge in [0.25, 0.3) is 0 Å². The zero-order chi connectivity index (χ0) is 15.5. The minimum Gasteiger partial charge on any atom is -0.378 e. The molecule has 1 aromatic rings. The van der Waals surface area contributed by atoms with Crippen molar-refractivity contribution >= 4 is 11.6 Å². The number of halogens is 3. The fourth-order valence-corrected chi connectivity index (χ4v) is 2.14. The summed E-state index contributed by atoms with van der Waals surface area (Å²) in [5.41, 5.74) is -0.242. The van der Waals surface area contributed by atoms with E-state index in [2.05, 4.69) is 5.32 Å². The van der Waals surface area contributed by atoms with Crippen LogP contribution < -0.4 is 5.32 Å². The molecule has 21 heavy (non-hydrogen) atoms. The van der Waals surface area contributed by atoms with Crippen molar-refractivity contribution < 1.29 is 22.7 Å². The molecular formula is C14H17F3N2O2. The predicted octanol–water partition coefficient (Wildman–Crippen LogP) is 2.28. The molecule has 1 N–H and O–H groups in total. The van der Waals surface area contributed by atoms with Crippen LogP contribution in [-0.2, 0) is 15.7 Å². The summed E-state index contributed by atoms with van der Waals surface area (Å²) < 4.78 is 43.5. The highest BCUT2D eigenvalue weighted by Crippen LogP contribution is 2.33. The first-order valence-corrected chi connectivity index (χ1v) is 6.65. The number of nitrogens with one attached hydrogen (secondary N) is 1. The van der Waals surface area contributed by atoms with Gasteiger partial charge in [-0.1, -0.05) is 6.07 Å². The first-order valence-electron chi connectivity index (χ1n) is 6.65. The number of ether oxygens (including phenoxy) is 1. The highest BCUT2D eigenvalue weighted by atomic mass is 19.4. The van der Waals surface area contributed by atoms with Gasteiger partial charge in [-0.25, -0.2) is 0 Å². The number of anilines is 1. The Morgan fingerprint density at radius 2 is 2.00 bits per heavy atom. The maximum Gasteiger partial charge on any atom is 0.416 e. The van der Waals surface area contributed by atoms with E-state index >= 15 is 0 Å². The number of alkyl halides is 3. The summed E-state index contributed by atoms with van der Waals surface area (Å²) in [5.74, 6) is -0.146. The third kappa shape index (κ3) is 4.10. The highest BCUT2D eigenvalue weighted by molar-refractivity contribution is 5.81. The Morgan fingerprint density at radius 3 is 2.62 bits per heavy atom. The lowest BCUT2D eigenvalue weighted by Gasteiger charge is -2.27. The van der Waals surface area contributed by atoms with Gasteiger partial charge in [-0.3, -0.25) is 4.79 Å². The van der Waals surface area contributed by atoms with Gasteiger partial charge in [-0.2, -0.15) is 13.2 Å². The van der Waals surface area contributed by atoms with E-state index in [1.807, 2.05) is 0 Å². The molecule has 0 aliphatic carbocycles. The standard InChI is InChI=1S/C14H17F3N2O2/c1-10-2-3-11(8-12(10)14(15,16)17)18-9-13(20)19-4-6-21-7-5-19/h2-3,8,18H,4-7,9H2,1H3. The van der Waals surface area contributed by atoms with Gasteiger partial charge in [-0.15, -0.1) is 0 Å². The molecule has 0 aromatic heterocycles. The quantitative estimate of drug-likeness (QED) is 0.931. The zero-order valence-corrected chi connectivity index (χ0v) is 11.7. The highest BCUT2D eigenvalue weighted by Gasteiger charge is 2.32. The lowest BCUT2D eigenvalue weighted by atomic mass is 10.1. The van der Waals surface area contributed by atoms with Crippen LogP contribution in [0.4, 0.5) is 18.9 Å². The Kier molecular flexibility index (Phi) is 4.72. The van der Waals surface area contributed by atoms with Gasteiger partial charge >= 0.3 is 6.18 Å². The summed E-state index contributed by atoms with van der Waals surface area (Å²) in [5, 5.41) is 2.75. The van der Waals surface area contributed by atoms with Gasteiger partial charge < -0.3 is 15.0 Å². The lowest BCUT2D eigenvalue weighted by molar-refractivity contribution is -0.138. The smallest absolute Gasteiger partial charge is 0.378 e. The number of hydrogen-bond donors (Lipinski definition) is 1. The van der Waals surface area contributed by atoms with Crippen LogP contribution in [0.2, 0.25) is 0 Å². The van der Waals surface area contributed by atoms with Crippen LogP contribution in [0.25, 0.3) is 0 Å². The number of carbonyl (C=O) groups excluding carboxylic acids is 1. The minimum atomic E-state index is -4.39. The molecule has 0 atom stereocenters. The molecular weight excluding hydrogens is 285 g/mol. The Labute approximate surface area is 120 Å². The summed E-state index contributed by atoms with van der Waals surface area (Å²) in [4.78, 5) is 13.5.